The Morgan fingerprint density at radius 1 is 1.25 bits per heavy atom. The van der Waals surface area contributed by atoms with Crippen LogP contribution in [0.4, 0.5) is 4.39 Å². The lowest BCUT2D eigenvalue weighted by Gasteiger charge is -2.20. The lowest BCUT2D eigenvalue weighted by Crippen LogP contribution is -2.16. The largest absolute Gasteiger partial charge is 0.494 e. The Labute approximate surface area is 142 Å². The van der Waals surface area contributed by atoms with Crippen LogP contribution in [0.3, 0.4) is 0 Å². The summed E-state index contributed by atoms with van der Waals surface area (Å²) >= 11 is 6.09. The van der Waals surface area contributed by atoms with Crippen molar-refractivity contribution in [1.29, 1.82) is 0 Å². The lowest BCUT2D eigenvalue weighted by molar-refractivity contribution is 0.0471. The van der Waals surface area contributed by atoms with E-state index in [1.165, 1.54) is 31.4 Å². The van der Waals surface area contributed by atoms with Gasteiger partial charge in [0.05, 0.1) is 17.7 Å². The SMILES string of the molecule is COc1ccc(COC(=O)c2cc(Cl)c3c(c2)OCCO3)cc1F. The molecule has 0 bridgehead atoms. The second kappa shape index (κ2) is 6.97. The minimum Gasteiger partial charge on any atom is -0.494 e. The molecule has 2 aromatic carbocycles. The summed E-state index contributed by atoms with van der Waals surface area (Å²) in [6.07, 6.45) is 0. The molecule has 0 saturated carbocycles. The van der Waals surface area contributed by atoms with E-state index < -0.39 is 11.8 Å². The van der Waals surface area contributed by atoms with Crippen LogP contribution in [0.15, 0.2) is 30.3 Å². The number of esters is 1. The van der Waals surface area contributed by atoms with Crippen LogP contribution in [0.5, 0.6) is 17.2 Å². The van der Waals surface area contributed by atoms with Gasteiger partial charge in [-0.25, -0.2) is 9.18 Å². The van der Waals surface area contributed by atoms with Crippen LogP contribution in [0.25, 0.3) is 0 Å². The average Bonchev–Trinajstić information content (AvgIpc) is 2.59. The molecule has 2 aromatic rings. The van der Waals surface area contributed by atoms with Crippen molar-refractivity contribution in [2.24, 2.45) is 0 Å². The summed E-state index contributed by atoms with van der Waals surface area (Å²) in [5, 5.41) is 0.273. The highest BCUT2D eigenvalue weighted by Gasteiger charge is 2.20. The van der Waals surface area contributed by atoms with Gasteiger partial charge in [0.15, 0.2) is 23.1 Å². The highest BCUT2D eigenvalue weighted by molar-refractivity contribution is 6.32. The van der Waals surface area contributed by atoms with Crippen LogP contribution in [-0.2, 0) is 11.3 Å². The van der Waals surface area contributed by atoms with E-state index in [4.69, 9.17) is 30.5 Å². The van der Waals surface area contributed by atoms with E-state index in [2.05, 4.69) is 0 Å². The zero-order chi connectivity index (χ0) is 17.1. The van der Waals surface area contributed by atoms with E-state index in [0.29, 0.717) is 30.3 Å². The monoisotopic (exact) mass is 352 g/mol. The fourth-order valence-electron chi connectivity index (χ4n) is 2.26. The molecule has 0 saturated heterocycles. The van der Waals surface area contributed by atoms with Crippen LogP contribution in [0, 0.1) is 5.82 Å². The van der Waals surface area contributed by atoms with E-state index >= 15 is 0 Å². The van der Waals surface area contributed by atoms with E-state index in [1.54, 1.807) is 6.07 Å². The Morgan fingerprint density at radius 3 is 2.79 bits per heavy atom. The molecule has 24 heavy (non-hydrogen) atoms. The molecule has 0 aromatic heterocycles. The van der Waals surface area contributed by atoms with Gasteiger partial charge in [-0.05, 0) is 29.8 Å². The van der Waals surface area contributed by atoms with Crippen molar-refractivity contribution < 1.29 is 28.1 Å². The number of carbonyl (C=O) groups excluding carboxylic acids is 1. The average molecular weight is 353 g/mol. The summed E-state index contributed by atoms with van der Waals surface area (Å²) in [5.74, 6) is -0.171. The van der Waals surface area contributed by atoms with Crippen molar-refractivity contribution in [1.82, 2.24) is 0 Å². The predicted molar refractivity (Wildman–Crippen MR) is 84.5 cm³/mol. The Kier molecular flexibility index (Phi) is 4.76. The fraction of sp³-hybridized carbons (Fsp3) is 0.235. The first-order valence-corrected chi connectivity index (χ1v) is 7.55. The standard InChI is InChI=1S/C17H14ClFO5/c1-21-14-3-2-10(6-13(14)19)9-24-17(20)11-7-12(18)16-15(8-11)22-4-5-23-16/h2-3,6-8H,4-5,9H2,1H3. The maximum atomic E-state index is 13.6. The molecular formula is C17H14ClFO5. The number of methoxy groups -OCH3 is 1. The molecule has 126 valence electrons. The number of rotatable bonds is 4. The van der Waals surface area contributed by atoms with E-state index in [-0.39, 0.29) is 22.9 Å². The minimum absolute atomic E-state index is 0.0776. The fourth-order valence-corrected chi connectivity index (χ4v) is 2.53. The van der Waals surface area contributed by atoms with Gasteiger partial charge < -0.3 is 18.9 Å². The molecule has 3 rings (SSSR count). The topological polar surface area (TPSA) is 54.0 Å². The van der Waals surface area contributed by atoms with Gasteiger partial charge in [0.25, 0.3) is 0 Å². The summed E-state index contributed by atoms with van der Waals surface area (Å²) in [5.41, 5.74) is 0.739. The van der Waals surface area contributed by atoms with Gasteiger partial charge in [-0.3, -0.25) is 0 Å². The molecule has 1 heterocycles. The predicted octanol–water partition coefficient (Wildman–Crippen LogP) is 3.62. The zero-order valence-corrected chi connectivity index (χ0v) is 13.6. The van der Waals surface area contributed by atoms with Gasteiger partial charge >= 0.3 is 5.97 Å². The summed E-state index contributed by atoms with van der Waals surface area (Å²) in [6.45, 7) is 0.707. The molecule has 0 atom stereocenters. The molecule has 0 fully saturated rings. The van der Waals surface area contributed by atoms with Gasteiger partial charge in [0.1, 0.15) is 19.8 Å². The van der Waals surface area contributed by atoms with Crippen LogP contribution in [0.2, 0.25) is 5.02 Å². The highest BCUT2D eigenvalue weighted by atomic mass is 35.5. The number of carbonyl (C=O) groups is 1. The molecule has 0 N–H and O–H groups in total. The van der Waals surface area contributed by atoms with E-state index in [0.717, 1.165) is 0 Å². The maximum Gasteiger partial charge on any atom is 0.338 e. The highest BCUT2D eigenvalue weighted by Crippen LogP contribution is 2.38. The van der Waals surface area contributed by atoms with Crippen molar-refractivity contribution in [2.75, 3.05) is 20.3 Å². The zero-order valence-electron chi connectivity index (χ0n) is 12.8. The van der Waals surface area contributed by atoms with Crippen LogP contribution in [0.1, 0.15) is 15.9 Å². The van der Waals surface area contributed by atoms with Crippen molar-refractivity contribution in [3.63, 3.8) is 0 Å². The minimum atomic E-state index is -0.593. The van der Waals surface area contributed by atoms with Crippen LogP contribution >= 0.6 is 11.6 Å². The number of ether oxygens (including phenoxy) is 4. The van der Waals surface area contributed by atoms with Gasteiger partial charge in [0, 0.05) is 0 Å². The second-order valence-corrected chi connectivity index (χ2v) is 5.43. The normalized spacial score (nSPS) is 12.6. The summed E-state index contributed by atoms with van der Waals surface area (Å²) in [7, 11) is 1.38. The third kappa shape index (κ3) is 3.38. The summed E-state index contributed by atoms with van der Waals surface area (Å²) in [4.78, 5) is 12.2. The number of hydrogen-bond acceptors (Lipinski definition) is 5. The second-order valence-electron chi connectivity index (χ2n) is 5.03. The first kappa shape index (κ1) is 16.4. The summed E-state index contributed by atoms with van der Waals surface area (Å²) < 4.78 is 34.5. The first-order valence-electron chi connectivity index (χ1n) is 7.17. The van der Waals surface area contributed by atoms with Gasteiger partial charge in [-0.15, -0.1) is 0 Å². The molecular weight excluding hydrogens is 339 g/mol. The number of benzene rings is 2. The van der Waals surface area contributed by atoms with Gasteiger partial charge in [-0.2, -0.15) is 0 Å². The van der Waals surface area contributed by atoms with Gasteiger partial charge in [0.2, 0.25) is 0 Å². The molecule has 1 aliphatic rings. The maximum absolute atomic E-state index is 13.6. The van der Waals surface area contributed by atoms with E-state index in [1.807, 2.05) is 0 Å². The van der Waals surface area contributed by atoms with Crippen LogP contribution in [-0.4, -0.2) is 26.3 Å². The van der Waals surface area contributed by atoms with Crippen molar-refractivity contribution >= 4 is 17.6 Å². The molecule has 7 heteroatoms. The third-order valence-corrected chi connectivity index (χ3v) is 3.70. The Morgan fingerprint density at radius 2 is 2.04 bits per heavy atom. The Bertz CT molecular complexity index is 778. The van der Waals surface area contributed by atoms with Crippen molar-refractivity contribution in [3.05, 3.63) is 52.3 Å². The molecule has 0 aliphatic carbocycles. The smallest absolute Gasteiger partial charge is 0.338 e. The lowest BCUT2D eigenvalue weighted by atomic mass is 10.2. The van der Waals surface area contributed by atoms with E-state index in [9.17, 15) is 9.18 Å². The Hall–Kier alpha value is -2.47. The Balaban J connectivity index is 1.71. The summed E-state index contributed by atoms with van der Waals surface area (Å²) in [6, 6.07) is 7.30. The first-order chi connectivity index (χ1) is 11.6. The number of halogens is 2. The van der Waals surface area contributed by atoms with Crippen molar-refractivity contribution in [2.45, 2.75) is 6.61 Å². The molecule has 5 nitrogen and oxygen atoms in total. The molecule has 0 spiro atoms. The molecule has 0 radical (unpaired) electrons. The molecule has 0 unspecified atom stereocenters. The van der Waals surface area contributed by atoms with Gasteiger partial charge in [-0.1, -0.05) is 17.7 Å². The van der Waals surface area contributed by atoms with Crippen molar-refractivity contribution in [3.8, 4) is 17.2 Å². The molecule has 1 aliphatic heterocycles. The number of hydrogen-bond donors (Lipinski definition) is 0. The molecule has 0 amide bonds. The quantitative estimate of drug-likeness (QED) is 0.787. The van der Waals surface area contributed by atoms with Crippen LogP contribution < -0.4 is 14.2 Å². The number of fused-ring (bicyclic) bond motifs is 1. The third-order valence-electron chi connectivity index (χ3n) is 3.42.